The Bertz CT molecular complexity index is 439. The van der Waals surface area contributed by atoms with Crippen LogP contribution in [0.25, 0.3) is 0 Å². The molecular weight excluding hydrogens is 204 g/mol. The Morgan fingerprint density at radius 2 is 2.06 bits per heavy atom. The third kappa shape index (κ3) is 1.39. The molecule has 0 spiro atoms. The lowest BCUT2D eigenvalue weighted by Gasteiger charge is -2.35. The second-order valence-electron chi connectivity index (χ2n) is 4.59. The van der Waals surface area contributed by atoms with Crippen LogP contribution in [-0.2, 0) is 0 Å². The van der Waals surface area contributed by atoms with Crippen LogP contribution in [0, 0.1) is 5.92 Å². The zero-order chi connectivity index (χ0) is 11.1. The molecule has 1 N–H and O–H groups in total. The number of phenols is 1. The average molecular weight is 218 g/mol. The summed E-state index contributed by atoms with van der Waals surface area (Å²) in [6.07, 6.45) is 4.15. The predicted molar refractivity (Wildman–Crippen MR) is 58.8 cm³/mol. The Labute approximate surface area is 94.0 Å². The monoisotopic (exact) mass is 218 g/mol. The first-order chi connectivity index (χ1) is 7.75. The van der Waals surface area contributed by atoms with Crippen molar-refractivity contribution < 1.29 is 14.6 Å². The summed E-state index contributed by atoms with van der Waals surface area (Å²) in [7, 11) is 0. The first-order valence-corrected chi connectivity index (χ1v) is 5.79. The van der Waals surface area contributed by atoms with Crippen molar-refractivity contribution in [2.45, 2.75) is 31.8 Å². The van der Waals surface area contributed by atoms with Gasteiger partial charge in [0.05, 0.1) is 11.5 Å². The fraction of sp³-hybridized carbons (Fsp3) is 0.462. The highest BCUT2D eigenvalue weighted by Crippen LogP contribution is 2.39. The van der Waals surface area contributed by atoms with E-state index in [1.54, 1.807) is 12.1 Å². The van der Waals surface area contributed by atoms with E-state index in [1.807, 2.05) is 0 Å². The molecular formula is C13H14O3. The summed E-state index contributed by atoms with van der Waals surface area (Å²) in [5.74, 6) is 0.922. The number of phenolic OH excluding ortho intramolecular Hbond substituents is 1. The van der Waals surface area contributed by atoms with Gasteiger partial charge in [-0.1, -0.05) is 6.42 Å². The first-order valence-electron chi connectivity index (χ1n) is 5.79. The van der Waals surface area contributed by atoms with Gasteiger partial charge in [0.2, 0.25) is 0 Å². The number of fused-ring (bicyclic) bond motifs is 2. The van der Waals surface area contributed by atoms with E-state index in [0.717, 1.165) is 25.7 Å². The number of ketones is 1. The van der Waals surface area contributed by atoms with Crippen molar-refractivity contribution in [3.63, 3.8) is 0 Å². The number of benzene rings is 1. The van der Waals surface area contributed by atoms with E-state index in [2.05, 4.69) is 0 Å². The summed E-state index contributed by atoms with van der Waals surface area (Å²) in [5.41, 5.74) is 0.626. The van der Waals surface area contributed by atoms with E-state index in [1.165, 1.54) is 6.07 Å². The largest absolute Gasteiger partial charge is 0.508 e. The maximum absolute atomic E-state index is 12.2. The van der Waals surface area contributed by atoms with Gasteiger partial charge in [0.1, 0.15) is 17.6 Å². The van der Waals surface area contributed by atoms with E-state index in [0.29, 0.717) is 11.3 Å². The molecule has 1 aliphatic heterocycles. The van der Waals surface area contributed by atoms with Crippen molar-refractivity contribution in [3.8, 4) is 11.5 Å². The van der Waals surface area contributed by atoms with Gasteiger partial charge in [-0.2, -0.15) is 0 Å². The van der Waals surface area contributed by atoms with Gasteiger partial charge >= 0.3 is 0 Å². The summed E-state index contributed by atoms with van der Waals surface area (Å²) < 4.78 is 5.81. The maximum Gasteiger partial charge on any atom is 0.173 e. The molecule has 1 saturated carbocycles. The molecule has 1 heterocycles. The van der Waals surface area contributed by atoms with Crippen molar-refractivity contribution >= 4 is 5.78 Å². The lowest BCUT2D eigenvalue weighted by molar-refractivity contribution is 0.0524. The lowest BCUT2D eigenvalue weighted by Crippen LogP contribution is -2.39. The van der Waals surface area contributed by atoms with Gasteiger partial charge in [-0.05, 0) is 31.4 Å². The average Bonchev–Trinajstić information content (AvgIpc) is 2.29. The van der Waals surface area contributed by atoms with E-state index < -0.39 is 0 Å². The summed E-state index contributed by atoms with van der Waals surface area (Å²) in [6.45, 7) is 0. The summed E-state index contributed by atoms with van der Waals surface area (Å²) in [6, 6.07) is 4.75. The molecule has 2 unspecified atom stereocenters. The van der Waals surface area contributed by atoms with E-state index in [9.17, 15) is 9.90 Å². The molecule has 0 saturated heterocycles. The molecule has 1 fully saturated rings. The van der Waals surface area contributed by atoms with Gasteiger partial charge in [-0.3, -0.25) is 4.79 Å². The molecule has 3 heteroatoms. The number of hydrogen-bond donors (Lipinski definition) is 1. The Morgan fingerprint density at radius 1 is 1.25 bits per heavy atom. The zero-order valence-electron chi connectivity index (χ0n) is 8.98. The van der Waals surface area contributed by atoms with Crippen molar-refractivity contribution in [1.29, 1.82) is 0 Å². The molecule has 1 aromatic carbocycles. The number of rotatable bonds is 0. The molecule has 1 aliphatic carbocycles. The predicted octanol–water partition coefficient (Wildman–Crippen LogP) is 2.53. The molecule has 0 bridgehead atoms. The second-order valence-corrected chi connectivity index (χ2v) is 4.59. The minimum Gasteiger partial charge on any atom is -0.508 e. The normalized spacial score (nSPS) is 27.9. The first kappa shape index (κ1) is 9.70. The lowest BCUT2D eigenvalue weighted by atomic mass is 9.79. The molecule has 0 radical (unpaired) electrons. The summed E-state index contributed by atoms with van der Waals surface area (Å²) in [4.78, 5) is 12.2. The van der Waals surface area contributed by atoms with Crippen LogP contribution in [0.4, 0.5) is 0 Å². The molecule has 3 nitrogen and oxygen atoms in total. The van der Waals surface area contributed by atoms with Crippen molar-refractivity contribution in [3.05, 3.63) is 23.8 Å². The topological polar surface area (TPSA) is 46.5 Å². The number of Topliss-reactive ketones (excluding diaryl/α,β-unsaturated/α-hetero) is 1. The van der Waals surface area contributed by atoms with Gasteiger partial charge in [-0.15, -0.1) is 0 Å². The molecule has 2 aliphatic rings. The number of ether oxygens (including phenoxy) is 1. The quantitative estimate of drug-likeness (QED) is 0.727. The van der Waals surface area contributed by atoms with E-state index in [4.69, 9.17) is 4.74 Å². The highest BCUT2D eigenvalue weighted by molar-refractivity contribution is 6.01. The number of carbonyl (C=O) groups excluding carboxylic acids is 1. The zero-order valence-corrected chi connectivity index (χ0v) is 8.98. The number of aromatic hydroxyl groups is 1. The molecule has 16 heavy (non-hydrogen) atoms. The minimum atomic E-state index is 0.0237. The Kier molecular flexibility index (Phi) is 2.13. The SMILES string of the molecule is O=C1c2ccc(O)cc2OC2CCCCC12. The fourth-order valence-electron chi connectivity index (χ4n) is 2.71. The number of carbonyl (C=O) groups is 1. The molecule has 84 valence electrons. The van der Waals surface area contributed by atoms with Crippen molar-refractivity contribution in [1.82, 2.24) is 0 Å². The van der Waals surface area contributed by atoms with Gasteiger partial charge in [0.25, 0.3) is 0 Å². The van der Waals surface area contributed by atoms with Gasteiger partial charge in [0.15, 0.2) is 5.78 Å². The van der Waals surface area contributed by atoms with Crippen LogP contribution in [0.1, 0.15) is 36.0 Å². The molecule has 3 rings (SSSR count). The Balaban J connectivity index is 2.03. The van der Waals surface area contributed by atoms with Crippen molar-refractivity contribution in [2.75, 3.05) is 0 Å². The van der Waals surface area contributed by atoms with Crippen LogP contribution < -0.4 is 4.74 Å². The van der Waals surface area contributed by atoms with Crippen LogP contribution in [0.3, 0.4) is 0 Å². The molecule has 1 aromatic rings. The fourth-order valence-corrected chi connectivity index (χ4v) is 2.71. The minimum absolute atomic E-state index is 0.0237. The summed E-state index contributed by atoms with van der Waals surface area (Å²) >= 11 is 0. The highest BCUT2D eigenvalue weighted by atomic mass is 16.5. The molecule has 2 atom stereocenters. The van der Waals surface area contributed by atoms with Crippen LogP contribution in [0.15, 0.2) is 18.2 Å². The van der Waals surface area contributed by atoms with Crippen molar-refractivity contribution in [2.24, 2.45) is 5.92 Å². The summed E-state index contributed by atoms with van der Waals surface area (Å²) in [5, 5.41) is 9.38. The standard InChI is InChI=1S/C13H14O3/c14-8-5-6-10-12(7-8)16-11-4-2-1-3-9(11)13(10)15/h5-7,9,11,14H,1-4H2. The third-order valence-electron chi connectivity index (χ3n) is 3.55. The highest BCUT2D eigenvalue weighted by Gasteiger charge is 2.38. The van der Waals surface area contributed by atoms with Gasteiger partial charge in [0, 0.05) is 6.07 Å². The molecule has 0 aromatic heterocycles. The second kappa shape index (κ2) is 3.51. The van der Waals surface area contributed by atoms with Crippen LogP contribution in [0.2, 0.25) is 0 Å². The smallest absolute Gasteiger partial charge is 0.173 e. The Hall–Kier alpha value is -1.51. The van der Waals surface area contributed by atoms with E-state index >= 15 is 0 Å². The number of hydrogen-bond acceptors (Lipinski definition) is 3. The Morgan fingerprint density at radius 3 is 2.94 bits per heavy atom. The van der Waals surface area contributed by atoms with E-state index in [-0.39, 0.29) is 23.6 Å². The van der Waals surface area contributed by atoms with Gasteiger partial charge in [-0.25, -0.2) is 0 Å². The molecule has 0 amide bonds. The van der Waals surface area contributed by atoms with Crippen LogP contribution in [0.5, 0.6) is 11.5 Å². The van der Waals surface area contributed by atoms with Gasteiger partial charge < -0.3 is 9.84 Å². The van der Waals surface area contributed by atoms with Crippen LogP contribution >= 0.6 is 0 Å². The van der Waals surface area contributed by atoms with Crippen LogP contribution in [-0.4, -0.2) is 17.0 Å². The maximum atomic E-state index is 12.2. The third-order valence-corrected chi connectivity index (χ3v) is 3.55.